The van der Waals surface area contributed by atoms with E-state index in [0.717, 1.165) is 18.8 Å². The molecule has 0 bridgehead atoms. The van der Waals surface area contributed by atoms with Crippen molar-refractivity contribution in [3.8, 4) is 0 Å². The number of nitrogens with zero attached hydrogens (tertiary/aromatic N) is 4. The smallest absolute Gasteiger partial charge is 0.274 e. The number of carbonyl (C=O) groups excluding carboxylic acids is 1. The molecule has 0 atom stereocenters. The molecule has 0 spiro atoms. The normalized spacial score (nSPS) is 14.7. The Labute approximate surface area is 178 Å². The minimum atomic E-state index is 0. The SMILES string of the molecule is Cc1cc(C(=O)N2CCN(C(c3ccccc3)c3ccccc3)CC2)nn1C.Cl. The molecule has 1 aliphatic rings. The molecule has 6 heteroatoms. The van der Waals surface area contributed by atoms with Crippen molar-refractivity contribution in [3.63, 3.8) is 0 Å². The Hall–Kier alpha value is -2.63. The highest BCUT2D eigenvalue weighted by Crippen LogP contribution is 2.29. The first kappa shape index (κ1) is 21.1. The molecule has 152 valence electrons. The van der Waals surface area contributed by atoms with Gasteiger partial charge in [-0.05, 0) is 24.1 Å². The van der Waals surface area contributed by atoms with Gasteiger partial charge in [0.15, 0.2) is 5.69 Å². The Morgan fingerprint density at radius 2 is 1.41 bits per heavy atom. The maximum atomic E-state index is 12.8. The van der Waals surface area contributed by atoms with Crippen LogP contribution in [0.4, 0.5) is 0 Å². The lowest BCUT2D eigenvalue weighted by atomic mass is 9.96. The molecular formula is C23H27ClN4O. The maximum Gasteiger partial charge on any atom is 0.274 e. The van der Waals surface area contributed by atoms with Crippen LogP contribution < -0.4 is 0 Å². The number of aryl methyl sites for hydroxylation is 2. The zero-order valence-corrected chi connectivity index (χ0v) is 17.7. The summed E-state index contributed by atoms with van der Waals surface area (Å²) in [5.74, 6) is 0.0272. The van der Waals surface area contributed by atoms with E-state index in [1.54, 1.807) is 4.68 Å². The first-order valence-electron chi connectivity index (χ1n) is 9.77. The largest absolute Gasteiger partial charge is 0.335 e. The van der Waals surface area contributed by atoms with Crippen LogP contribution >= 0.6 is 12.4 Å². The van der Waals surface area contributed by atoms with E-state index in [0.29, 0.717) is 18.8 Å². The fourth-order valence-corrected chi connectivity index (χ4v) is 3.90. The fourth-order valence-electron chi connectivity index (χ4n) is 3.90. The summed E-state index contributed by atoms with van der Waals surface area (Å²) in [4.78, 5) is 17.2. The summed E-state index contributed by atoms with van der Waals surface area (Å²) in [5, 5.41) is 4.35. The first-order chi connectivity index (χ1) is 13.6. The molecule has 29 heavy (non-hydrogen) atoms. The molecule has 0 aliphatic carbocycles. The van der Waals surface area contributed by atoms with Crippen molar-refractivity contribution in [1.82, 2.24) is 19.6 Å². The molecule has 2 aromatic carbocycles. The second-order valence-electron chi connectivity index (χ2n) is 7.35. The summed E-state index contributed by atoms with van der Waals surface area (Å²) in [6, 6.07) is 23.3. The highest BCUT2D eigenvalue weighted by Gasteiger charge is 2.29. The standard InChI is InChI=1S/C23H26N4O.ClH/c1-18-17-21(24-25(18)2)23(28)27-15-13-26(14-16-27)22(19-9-5-3-6-10-19)20-11-7-4-8-12-20;/h3-12,17,22H,13-16H2,1-2H3;1H. The van der Waals surface area contributed by atoms with Crippen LogP contribution in [0.2, 0.25) is 0 Å². The first-order valence-corrected chi connectivity index (χ1v) is 9.77. The van der Waals surface area contributed by atoms with E-state index in [1.165, 1.54) is 11.1 Å². The van der Waals surface area contributed by atoms with Gasteiger partial charge in [-0.3, -0.25) is 14.4 Å². The predicted octanol–water partition coefficient (Wildman–Crippen LogP) is 3.70. The number of piperazine rings is 1. The number of aromatic nitrogens is 2. The van der Waals surface area contributed by atoms with Crippen LogP contribution in [0, 0.1) is 6.92 Å². The number of hydrogen-bond donors (Lipinski definition) is 0. The van der Waals surface area contributed by atoms with Crippen molar-refractivity contribution in [2.75, 3.05) is 26.2 Å². The van der Waals surface area contributed by atoms with Crippen LogP contribution in [0.3, 0.4) is 0 Å². The quantitative estimate of drug-likeness (QED) is 0.658. The summed E-state index contributed by atoms with van der Waals surface area (Å²) in [5.41, 5.74) is 4.11. The molecule has 1 fully saturated rings. The van der Waals surface area contributed by atoms with Gasteiger partial charge in [-0.15, -0.1) is 12.4 Å². The van der Waals surface area contributed by atoms with Crippen LogP contribution in [0.1, 0.15) is 33.4 Å². The molecule has 1 amide bonds. The fraction of sp³-hybridized carbons (Fsp3) is 0.304. The Morgan fingerprint density at radius 1 is 0.897 bits per heavy atom. The number of rotatable bonds is 4. The highest BCUT2D eigenvalue weighted by atomic mass is 35.5. The maximum absolute atomic E-state index is 12.8. The van der Waals surface area contributed by atoms with Crippen LogP contribution in [-0.4, -0.2) is 51.7 Å². The van der Waals surface area contributed by atoms with E-state index >= 15 is 0 Å². The van der Waals surface area contributed by atoms with Gasteiger partial charge >= 0.3 is 0 Å². The molecule has 1 aliphatic heterocycles. The van der Waals surface area contributed by atoms with Crippen LogP contribution in [0.5, 0.6) is 0 Å². The van der Waals surface area contributed by atoms with E-state index in [1.807, 2.05) is 24.9 Å². The van der Waals surface area contributed by atoms with E-state index in [2.05, 4.69) is 70.7 Å². The van der Waals surface area contributed by atoms with Gasteiger partial charge in [0, 0.05) is 38.9 Å². The zero-order valence-electron chi connectivity index (χ0n) is 16.9. The average molecular weight is 411 g/mol. The Morgan fingerprint density at radius 3 is 1.86 bits per heavy atom. The van der Waals surface area contributed by atoms with Gasteiger partial charge in [-0.25, -0.2) is 0 Å². The molecule has 1 saturated heterocycles. The summed E-state index contributed by atoms with van der Waals surface area (Å²) < 4.78 is 1.75. The molecule has 0 N–H and O–H groups in total. The zero-order chi connectivity index (χ0) is 19.5. The predicted molar refractivity (Wildman–Crippen MR) is 117 cm³/mol. The Bertz CT molecular complexity index is 875. The van der Waals surface area contributed by atoms with Crippen molar-refractivity contribution >= 4 is 18.3 Å². The average Bonchev–Trinajstić information content (AvgIpc) is 3.08. The Kier molecular flexibility index (Phi) is 6.72. The molecule has 2 heterocycles. The summed E-state index contributed by atoms with van der Waals surface area (Å²) in [6.07, 6.45) is 0. The van der Waals surface area contributed by atoms with Gasteiger partial charge in [-0.2, -0.15) is 5.10 Å². The third kappa shape index (κ3) is 4.52. The Balaban J connectivity index is 0.00000240. The lowest BCUT2D eigenvalue weighted by Crippen LogP contribution is -2.50. The van der Waals surface area contributed by atoms with Gasteiger partial charge in [0.2, 0.25) is 0 Å². The van der Waals surface area contributed by atoms with Gasteiger partial charge in [-0.1, -0.05) is 60.7 Å². The summed E-state index contributed by atoms with van der Waals surface area (Å²) in [7, 11) is 1.87. The highest BCUT2D eigenvalue weighted by molar-refractivity contribution is 5.92. The van der Waals surface area contributed by atoms with Crippen LogP contribution in [-0.2, 0) is 7.05 Å². The van der Waals surface area contributed by atoms with E-state index < -0.39 is 0 Å². The molecular weight excluding hydrogens is 384 g/mol. The van der Waals surface area contributed by atoms with Gasteiger partial charge in [0.05, 0.1) is 6.04 Å². The summed E-state index contributed by atoms with van der Waals surface area (Å²) in [6.45, 7) is 5.07. The van der Waals surface area contributed by atoms with E-state index in [4.69, 9.17) is 0 Å². The van der Waals surface area contributed by atoms with Crippen molar-refractivity contribution < 1.29 is 4.79 Å². The minimum absolute atomic E-state index is 0. The van der Waals surface area contributed by atoms with Crippen molar-refractivity contribution in [1.29, 1.82) is 0 Å². The number of hydrogen-bond acceptors (Lipinski definition) is 3. The lowest BCUT2D eigenvalue weighted by molar-refractivity contribution is 0.0591. The second kappa shape index (κ2) is 9.25. The molecule has 4 rings (SSSR count). The van der Waals surface area contributed by atoms with Crippen molar-refractivity contribution in [2.45, 2.75) is 13.0 Å². The van der Waals surface area contributed by atoms with Gasteiger partial charge in [0.25, 0.3) is 5.91 Å². The third-order valence-corrected chi connectivity index (χ3v) is 5.53. The molecule has 3 aromatic rings. The lowest BCUT2D eigenvalue weighted by Gasteiger charge is -2.39. The second-order valence-corrected chi connectivity index (χ2v) is 7.35. The minimum Gasteiger partial charge on any atom is -0.335 e. The van der Waals surface area contributed by atoms with Gasteiger partial charge < -0.3 is 4.90 Å². The molecule has 1 aromatic heterocycles. The molecule has 0 unspecified atom stereocenters. The molecule has 0 radical (unpaired) electrons. The van der Waals surface area contributed by atoms with E-state index in [-0.39, 0.29) is 24.4 Å². The topological polar surface area (TPSA) is 41.4 Å². The monoisotopic (exact) mass is 410 g/mol. The van der Waals surface area contributed by atoms with E-state index in [9.17, 15) is 4.79 Å². The number of amides is 1. The number of benzene rings is 2. The molecule has 5 nitrogen and oxygen atoms in total. The van der Waals surface area contributed by atoms with Crippen molar-refractivity contribution in [2.24, 2.45) is 7.05 Å². The summed E-state index contributed by atoms with van der Waals surface area (Å²) >= 11 is 0. The van der Waals surface area contributed by atoms with Gasteiger partial charge in [0.1, 0.15) is 0 Å². The number of halogens is 1. The van der Waals surface area contributed by atoms with Crippen molar-refractivity contribution in [3.05, 3.63) is 89.2 Å². The van der Waals surface area contributed by atoms with Crippen LogP contribution in [0.15, 0.2) is 66.7 Å². The third-order valence-electron chi connectivity index (χ3n) is 5.53. The number of carbonyl (C=O) groups is 1. The molecule has 0 saturated carbocycles. The van der Waals surface area contributed by atoms with Crippen LogP contribution in [0.25, 0.3) is 0 Å².